The summed E-state index contributed by atoms with van der Waals surface area (Å²) >= 11 is 6.25. The van der Waals surface area contributed by atoms with Gasteiger partial charge in [-0.1, -0.05) is 23.7 Å². The number of Topliss-reactive ketones (excluding diaryl/α,β-unsaturated/α-hetero) is 1. The molecule has 2 amide bonds. The SMILES string of the molecule is COc1nn(C(Cc2ccc(N3CCN(C(C)C)CC3=O)cc2)C(=O)Nc2ccc(C(=O)O)cc2)c(=O)cc1-c1cc(Cl)ccc1C(C)=O. The highest BCUT2D eigenvalue weighted by Gasteiger charge is 2.29. The second-order valence-electron chi connectivity index (χ2n) is 12.0. The van der Waals surface area contributed by atoms with Crippen LogP contribution in [0.5, 0.6) is 5.88 Å². The number of carbonyl (C=O) groups is 4. The van der Waals surface area contributed by atoms with Crippen molar-refractivity contribution in [2.24, 2.45) is 0 Å². The number of hydrogen-bond acceptors (Lipinski definition) is 8. The Morgan fingerprint density at radius 2 is 1.65 bits per heavy atom. The van der Waals surface area contributed by atoms with Gasteiger partial charge in [-0.05, 0) is 86.5 Å². The number of hydrogen-bond donors (Lipinski definition) is 2. The van der Waals surface area contributed by atoms with Crippen LogP contribution in [-0.2, 0) is 16.0 Å². The van der Waals surface area contributed by atoms with Crippen molar-refractivity contribution in [2.75, 3.05) is 37.0 Å². The van der Waals surface area contributed by atoms with Crippen molar-refractivity contribution < 1.29 is 29.0 Å². The van der Waals surface area contributed by atoms with Crippen LogP contribution in [-0.4, -0.2) is 76.1 Å². The Labute approximate surface area is 287 Å². The molecule has 1 aliphatic heterocycles. The molecule has 254 valence electrons. The topological polar surface area (TPSA) is 151 Å². The molecule has 1 aliphatic rings. The standard InChI is InChI=1S/C36H36ClN5O7/c1-21(2)40-15-16-41(33(45)20-40)27-12-5-23(6-13-27)17-31(34(46)38-26-10-7-24(8-11-26)36(47)48)42-32(44)19-30(35(39-42)49-4)29-18-25(37)9-14-28(29)22(3)43/h5-14,18-19,21,31H,15-17,20H2,1-4H3,(H,38,46)(H,47,48). The van der Waals surface area contributed by atoms with Crippen LogP contribution in [0.4, 0.5) is 11.4 Å². The minimum absolute atomic E-state index is 0.00515. The van der Waals surface area contributed by atoms with E-state index in [4.69, 9.17) is 16.3 Å². The number of aromatic carboxylic acids is 1. The fraction of sp³-hybridized carbons (Fsp3) is 0.278. The number of ketones is 1. The summed E-state index contributed by atoms with van der Waals surface area (Å²) in [5.41, 5.74) is 2.02. The zero-order valence-corrected chi connectivity index (χ0v) is 28.2. The quantitative estimate of drug-likeness (QED) is 0.209. The van der Waals surface area contributed by atoms with E-state index in [1.807, 2.05) is 0 Å². The van der Waals surface area contributed by atoms with Gasteiger partial charge in [0.25, 0.3) is 5.56 Å². The molecule has 12 nitrogen and oxygen atoms in total. The summed E-state index contributed by atoms with van der Waals surface area (Å²) in [5.74, 6) is -1.98. The molecule has 3 aromatic carbocycles. The van der Waals surface area contributed by atoms with Gasteiger partial charge in [0.2, 0.25) is 17.7 Å². The number of benzene rings is 3. The van der Waals surface area contributed by atoms with Crippen LogP contribution in [0.15, 0.2) is 77.6 Å². The molecule has 4 aromatic rings. The van der Waals surface area contributed by atoms with Gasteiger partial charge in [-0.25, -0.2) is 9.48 Å². The van der Waals surface area contributed by atoms with Crippen LogP contribution in [0.1, 0.15) is 53.1 Å². The second-order valence-corrected chi connectivity index (χ2v) is 12.4. The van der Waals surface area contributed by atoms with Crippen molar-refractivity contribution >= 4 is 46.5 Å². The number of ether oxygens (including phenoxy) is 1. The van der Waals surface area contributed by atoms with Crippen molar-refractivity contribution in [2.45, 2.75) is 39.3 Å². The van der Waals surface area contributed by atoms with E-state index >= 15 is 0 Å². The molecule has 5 rings (SSSR count). The third-order valence-corrected chi connectivity index (χ3v) is 8.66. The molecule has 0 bridgehead atoms. The minimum atomic E-state index is -1.19. The van der Waals surface area contributed by atoms with Crippen molar-refractivity contribution in [3.63, 3.8) is 0 Å². The largest absolute Gasteiger partial charge is 0.480 e. The lowest BCUT2D eigenvalue weighted by Crippen LogP contribution is -2.52. The first-order valence-corrected chi connectivity index (χ1v) is 16.0. The summed E-state index contributed by atoms with van der Waals surface area (Å²) in [6.45, 7) is 7.12. The summed E-state index contributed by atoms with van der Waals surface area (Å²) in [7, 11) is 1.36. The highest BCUT2D eigenvalue weighted by atomic mass is 35.5. The Bertz CT molecular complexity index is 1960. The molecule has 49 heavy (non-hydrogen) atoms. The summed E-state index contributed by atoms with van der Waals surface area (Å²) in [5, 5.41) is 16.8. The predicted octanol–water partition coefficient (Wildman–Crippen LogP) is 4.95. The van der Waals surface area contributed by atoms with E-state index in [-0.39, 0.29) is 41.2 Å². The van der Waals surface area contributed by atoms with Gasteiger partial charge >= 0.3 is 5.97 Å². The van der Waals surface area contributed by atoms with Crippen LogP contribution < -0.4 is 20.5 Å². The van der Waals surface area contributed by atoms with Gasteiger partial charge in [-0.3, -0.25) is 24.1 Å². The number of amides is 2. The molecule has 1 fully saturated rings. The van der Waals surface area contributed by atoms with Crippen molar-refractivity contribution in [1.82, 2.24) is 14.7 Å². The number of piperazine rings is 1. The first-order valence-electron chi connectivity index (χ1n) is 15.6. The van der Waals surface area contributed by atoms with Crippen molar-refractivity contribution in [3.05, 3.63) is 105 Å². The van der Waals surface area contributed by atoms with Gasteiger partial charge < -0.3 is 20.1 Å². The smallest absolute Gasteiger partial charge is 0.335 e. The number of aromatic nitrogens is 2. The molecule has 1 atom stereocenters. The first-order chi connectivity index (χ1) is 23.4. The van der Waals surface area contributed by atoms with Gasteiger partial charge in [-0.15, -0.1) is 5.10 Å². The van der Waals surface area contributed by atoms with E-state index in [1.54, 1.807) is 47.4 Å². The van der Waals surface area contributed by atoms with E-state index < -0.39 is 23.5 Å². The van der Waals surface area contributed by atoms with Gasteiger partial charge in [0.05, 0.1) is 24.8 Å². The fourth-order valence-corrected chi connectivity index (χ4v) is 5.89. The molecule has 0 spiro atoms. The van der Waals surface area contributed by atoms with Crippen LogP contribution in [0.2, 0.25) is 5.02 Å². The predicted molar refractivity (Wildman–Crippen MR) is 186 cm³/mol. The molecule has 13 heteroatoms. The average molecular weight is 686 g/mol. The number of nitrogens with one attached hydrogen (secondary N) is 1. The third kappa shape index (κ3) is 7.87. The van der Waals surface area contributed by atoms with Gasteiger partial charge in [0, 0.05) is 53.6 Å². The number of anilines is 2. The number of carbonyl (C=O) groups excluding carboxylic acids is 3. The average Bonchev–Trinajstić information content (AvgIpc) is 3.07. The lowest BCUT2D eigenvalue weighted by Gasteiger charge is -2.36. The molecule has 1 unspecified atom stereocenters. The van der Waals surface area contributed by atoms with E-state index in [2.05, 4.69) is 29.2 Å². The Kier molecular flexibility index (Phi) is 10.6. The zero-order valence-electron chi connectivity index (χ0n) is 27.5. The molecule has 0 aliphatic carbocycles. The van der Waals surface area contributed by atoms with E-state index in [1.165, 1.54) is 44.4 Å². The summed E-state index contributed by atoms with van der Waals surface area (Å²) in [6, 6.07) is 17.8. The van der Waals surface area contributed by atoms with Gasteiger partial charge in [-0.2, -0.15) is 0 Å². The summed E-state index contributed by atoms with van der Waals surface area (Å²) in [6.07, 6.45) is 0.0274. The number of carboxylic acids is 1. The fourth-order valence-electron chi connectivity index (χ4n) is 5.72. The maximum Gasteiger partial charge on any atom is 0.335 e. The van der Waals surface area contributed by atoms with Crippen LogP contribution >= 0.6 is 11.6 Å². The minimum Gasteiger partial charge on any atom is -0.480 e. The Morgan fingerprint density at radius 1 is 0.959 bits per heavy atom. The number of carboxylic acid groups (broad SMARTS) is 1. The van der Waals surface area contributed by atoms with E-state index in [9.17, 15) is 29.1 Å². The van der Waals surface area contributed by atoms with Gasteiger partial charge in [0.15, 0.2) is 5.78 Å². The normalized spacial score (nSPS) is 14.1. The molecule has 0 saturated carbocycles. The Morgan fingerprint density at radius 3 is 2.24 bits per heavy atom. The lowest BCUT2D eigenvalue weighted by molar-refractivity contribution is -0.122. The highest BCUT2D eigenvalue weighted by Crippen LogP contribution is 2.33. The van der Waals surface area contributed by atoms with E-state index in [0.717, 1.165) is 16.9 Å². The van der Waals surface area contributed by atoms with E-state index in [0.29, 0.717) is 40.5 Å². The van der Waals surface area contributed by atoms with Crippen molar-refractivity contribution in [3.8, 4) is 17.0 Å². The molecule has 0 radical (unpaired) electrons. The first kappa shape index (κ1) is 35.0. The lowest BCUT2D eigenvalue weighted by atomic mass is 9.98. The van der Waals surface area contributed by atoms with Crippen LogP contribution in [0.3, 0.4) is 0 Å². The summed E-state index contributed by atoms with van der Waals surface area (Å²) < 4.78 is 6.58. The molecule has 1 saturated heterocycles. The number of nitrogens with zero attached hydrogens (tertiary/aromatic N) is 4. The molecule has 1 aromatic heterocycles. The molecular formula is C36H36ClN5O7. The maximum absolute atomic E-state index is 13.9. The highest BCUT2D eigenvalue weighted by molar-refractivity contribution is 6.31. The second kappa shape index (κ2) is 14.8. The van der Waals surface area contributed by atoms with Crippen molar-refractivity contribution in [1.29, 1.82) is 0 Å². The van der Waals surface area contributed by atoms with Crippen LogP contribution in [0, 0.1) is 0 Å². The Balaban J connectivity index is 1.51. The third-order valence-electron chi connectivity index (χ3n) is 8.42. The Hall–Kier alpha value is -5.33. The molecule has 2 N–H and O–H groups in total. The monoisotopic (exact) mass is 685 g/mol. The maximum atomic E-state index is 13.9. The molecular weight excluding hydrogens is 650 g/mol. The summed E-state index contributed by atoms with van der Waals surface area (Å²) in [4.78, 5) is 68.1. The number of halogens is 1. The van der Waals surface area contributed by atoms with Gasteiger partial charge in [0.1, 0.15) is 6.04 Å². The number of rotatable bonds is 11. The molecule has 2 heterocycles. The van der Waals surface area contributed by atoms with Crippen LogP contribution in [0.25, 0.3) is 11.1 Å². The number of methoxy groups -OCH3 is 1. The zero-order chi connectivity index (χ0) is 35.4.